The van der Waals surface area contributed by atoms with E-state index in [-0.39, 0.29) is 5.92 Å². The third-order valence-corrected chi connectivity index (χ3v) is 3.05. The van der Waals surface area contributed by atoms with Crippen molar-refractivity contribution >= 4 is 9.84 Å². The van der Waals surface area contributed by atoms with Crippen molar-refractivity contribution in [3.63, 3.8) is 0 Å². The molecule has 0 amide bonds. The van der Waals surface area contributed by atoms with Crippen LogP contribution in [-0.2, 0) is 9.84 Å². The van der Waals surface area contributed by atoms with Crippen LogP contribution >= 0.6 is 0 Å². The monoisotopic (exact) mass is 159 g/mol. The van der Waals surface area contributed by atoms with Crippen LogP contribution < -0.4 is 0 Å². The lowest BCUT2D eigenvalue weighted by Gasteiger charge is -2.01. The maximum absolute atomic E-state index is 10.8. The Morgan fingerprint density at radius 3 is 2.20 bits per heavy atom. The Labute approximate surface area is 60.6 Å². The van der Waals surface area contributed by atoms with E-state index in [4.69, 9.17) is 5.26 Å². The lowest BCUT2D eigenvalue weighted by molar-refractivity contribution is 0.589. The van der Waals surface area contributed by atoms with Gasteiger partial charge >= 0.3 is 0 Å². The number of hydrogen-bond acceptors (Lipinski definition) is 3. The van der Waals surface area contributed by atoms with Gasteiger partial charge in [0.25, 0.3) is 0 Å². The molecule has 0 saturated heterocycles. The van der Waals surface area contributed by atoms with Crippen LogP contribution in [0.3, 0.4) is 0 Å². The third kappa shape index (κ3) is 1.48. The maximum atomic E-state index is 10.8. The molecular formula is C6H9NO2S. The summed E-state index contributed by atoms with van der Waals surface area (Å²) in [6.07, 6.45) is 2.91. The molecule has 1 aliphatic carbocycles. The van der Waals surface area contributed by atoms with Crippen molar-refractivity contribution < 1.29 is 8.42 Å². The quantitative estimate of drug-likeness (QED) is 0.583. The molecule has 0 heterocycles. The lowest BCUT2D eigenvalue weighted by Crippen LogP contribution is -2.19. The van der Waals surface area contributed by atoms with Crippen LogP contribution in [0.25, 0.3) is 0 Å². The van der Waals surface area contributed by atoms with Crippen molar-refractivity contribution in [1.82, 2.24) is 0 Å². The van der Waals surface area contributed by atoms with E-state index >= 15 is 0 Å². The second kappa shape index (κ2) is 2.24. The summed E-state index contributed by atoms with van der Waals surface area (Å²) in [6.45, 7) is 0. The molecule has 0 aromatic carbocycles. The molecule has 0 radical (unpaired) electrons. The van der Waals surface area contributed by atoms with Crippen LogP contribution in [0.2, 0.25) is 0 Å². The highest BCUT2D eigenvalue weighted by Gasteiger charge is 2.37. The predicted octanol–water partition coefficient (Wildman–Crippen LogP) is 0.333. The van der Waals surface area contributed by atoms with Crippen LogP contribution in [0.5, 0.6) is 0 Å². The zero-order chi connectivity index (χ0) is 7.78. The van der Waals surface area contributed by atoms with Crippen LogP contribution in [0.4, 0.5) is 0 Å². The minimum Gasteiger partial charge on any atom is -0.228 e. The van der Waals surface area contributed by atoms with Gasteiger partial charge in [-0.1, -0.05) is 0 Å². The molecular weight excluding hydrogens is 150 g/mol. The van der Waals surface area contributed by atoms with E-state index in [9.17, 15) is 8.42 Å². The molecule has 1 fully saturated rings. The van der Waals surface area contributed by atoms with Crippen LogP contribution in [-0.4, -0.2) is 19.9 Å². The molecule has 0 aromatic heterocycles. The Morgan fingerprint density at radius 1 is 1.60 bits per heavy atom. The van der Waals surface area contributed by atoms with E-state index < -0.39 is 15.1 Å². The highest BCUT2D eigenvalue weighted by atomic mass is 32.2. The van der Waals surface area contributed by atoms with E-state index in [1.54, 1.807) is 0 Å². The highest BCUT2D eigenvalue weighted by Crippen LogP contribution is 2.35. The summed E-state index contributed by atoms with van der Waals surface area (Å²) in [5.41, 5.74) is 0. The van der Waals surface area contributed by atoms with Crippen LogP contribution in [0.15, 0.2) is 0 Å². The van der Waals surface area contributed by atoms with Gasteiger partial charge in [-0.15, -0.1) is 0 Å². The van der Waals surface area contributed by atoms with Gasteiger partial charge in [-0.25, -0.2) is 8.42 Å². The topological polar surface area (TPSA) is 57.9 Å². The largest absolute Gasteiger partial charge is 0.228 e. The molecule has 0 aliphatic heterocycles. The van der Waals surface area contributed by atoms with E-state index in [1.807, 2.05) is 6.07 Å². The molecule has 4 heteroatoms. The first-order valence-corrected chi connectivity index (χ1v) is 5.09. The molecule has 10 heavy (non-hydrogen) atoms. The molecule has 0 N–H and O–H groups in total. The predicted molar refractivity (Wildman–Crippen MR) is 37.0 cm³/mol. The molecule has 56 valence electrons. The molecule has 3 nitrogen and oxygen atoms in total. The van der Waals surface area contributed by atoms with Crippen molar-refractivity contribution in [2.45, 2.75) is 18.1 Å². The van der Waals surface area contributed by atoms with E-state index in [0.717, 1.165) is 19.1 Å². The summed E-state index contributed by atoms with van der Waals surface area (Å²) in [4.78, 5) is 0. The van der Waals surface area contributed by atoms with Crippen LogP contribution in [0.1, 0.15) is 12.8 Å². The van der Waals surface area contributed by atoms with Crippen molar-refractivity contribution in [2.75, 3.05) is 6.26 Å². The van der Waals surface area contributed by atoms with Gasteiger partial charge in [0, 0.05) is 6.26 Å². The number of sulfone groups is 1. The minimum atomic E-state index is -3.11. The summed E-state index contributed by atoms with van der Waals surface area (Å²) in [5.74, 6) is 0.125. The minimum absolute atomic E-state index is 0.125. The molecule has 1 saturated carbocycles. The van der Waals surface area contributed by atoms with Crippen molar-refractivity contribution in [3.8, 4) is 6.07 Å². The van der Waals surface area contributed by atoms with Gasteiger partial charge in [0.15, 0.2) is 15.1 Å². The summed E-state index contributed by atoms with van der Waals surface area (Å²) in [5, 5.41) is 7.70. The van der Waals surface area contributed by atoms with Gasteiger partial charge in [0.1, 0.15) is 0 Å². The molecule has 1 aliphatic rings. The van der Waals surface area contributed by atoms with Gasteiger partial charge in [-0.2, -0.15) is 5.26 Å². The second-order valence-corrected chi connectivity index (χ2v) is 4.88. The number of hydrogen-bond donors (Lipinski definition) is 0. The zero-order valence-corrected chi connectivity index (χ0v) is 6.56. The Hall–Kier alpha value is -0.560. The van der Waals surface area contributed by atoms with E-state index in [1.165, 1.54) is 0 Å². The standard InChI is InChI=1S/C6H9NO2S/c1-10(8,9)6(4-7)5-2-3-5/h5-6H,2-3H2,1H3. The van der Waals surface area contributed by atoms with Gasteiger partial charge in [-0.3, -0.25) is 0 Å². The highest BCUT2D eigenvalue weighted by molar-refractivity contribution is 7.91. The van der Waals surface area contributed by atoms with Gasteiger partial charge in [0.05, 0.1) is 6.07 Å². The summed E-state index contributed by atoms with van der Waals surface area (Å²) < 4.78 is 21.6. The Morgan fingerprint density at radius 2 is 2.10 bits per heavy atom. The average Bonchev–Trinajstić information content (AvgIpc) is 2.46. The van der Waals surface area contributed by atoms with E-state index in [0.29, 0.717) is 0 Å². The normalized spacial score (nSPS) is 21.6. The molecule has 1 rings (SSSR count). The van der Waals surface area contributed by atoms with Gasteiger partial charge < -0.3 is 0 Å². The lowest BCUT2D eigenvalue weighted by atomic mass is 10.3. The smallest absolute Gasteiger partial charge is 0.163 e. The molecule has 0 bridgehead atoms. The fourth-order valence-electron chi connectivity index (χ4n) is 0.950. The fourth-order valence-corrected chi connectivity index (χ4v) is 2.11. The number of nitriles is 1. The summed E-state index contributed by atoms with van der Waals surface area (Å²) >= 11 is 0. The zero-order valence-electron chi connectivity index (χ0n) is 5.74. The van der Waals surface area contributed by atoms with Crippen molar-refractivity contribution in [2.24, 2.45) is 5.92 Å². The molecule has 1 unspecified atom stereocenters. The number of nitrogens with zero attached hydrogens (tertiary/aromatic N) is 1. The molecule has 0 spiro atoms. The van der Waals surface area contributed by atoms with Crippen molar-refractivity contribution in [3.05, 3.63) is 0 Å². The average molecular weight is 159 g/mol. The summed E-state index contributed by atoms with van der Waals surface area (Å²) in [7, 11) is -3.11. The third-order valence-electron chi connectivity index (χ3n) is 1.64. The summed E-state index contributed by atoms with van der Waals surface area (Å²) in [6, 6.07) is 1.82. The second-order valence-electron chi connectivity index (χ2n) is 2.72. The molecule has 0 aromatic rings. The number of rotatable bonds is 2. The van der Waals surface area contributed by atoms with Crippen molar-refractivity contribution in [1.29, 1.82) is 5.26 Å². The Bertz CT molecular complexity index is 258. The van der Waals surface area contributed by atoms with Gasteiger partial charge in [0.2, 0.25) is 0 Å². The van der Waals surface area contributed by atoms with Crippen LogP contribution in [0, 0.1) is 17.2 Å². The first-order valence-electron chi connectivity index (χ1n) is 3.14. The van der Waals surface area contributed by atoms with Gasteiger partial charge in [-0.05, 0) is 18.8 Å². The first kappa shape index (κ1) is 7.55. The maximum Gasteiger partial charge on any atom is 0.163 e. The SMILES string of the molecule is CS(=O)(=O)C(C#N)C1CC1. The Kier molecular flexibility index (Phi) is 1.69. The first-order chi connectivity index (χ1) is 4.55. The fraction of sp³-hybridized carbons (Fsp3) is 0.833. The van der Waals surface area contributed by atoms with E-state index in [2.05, 4.69) is 0 Å². The molecule has 1 atom stereocenters. The Balaban J connectivity index is 2.77.